The number of amides is 1. The van der Waals surface area contributed by atoms with Crippen molar-refractivity contribution in [1.82, 2.24) is 0 Å². The first-order valence-electron chi connectivity index (χ1n) is 5.59. The van der Waals surface area contributed by atoms with Crippen LogP contribution >= 0.6 is 11.6 Å². The van der Waals surface area contributed by atoms with Crippen molar-refractivity contribution in [2.45, 2.75) is 6.04 Å². The van der Waals surface area contributed by atoms with Gasteiger partial charge in [0.25, 0.3) is 0 Å². The number of nitrogens with one attached hydrogen (secondary N) is 1. The lowest BCUT2D eigenvalue weighted by atomic mass is 10.0. The SMILES string of the molecule is COc1cc(NC(=O)C2COCC2N)ccc1Cl. The lowest BCUT2D eigenvalue weighted by Gasteiger charge is -2.14. The van der Waals surface area contributed by atoms with Crippen LogP contribution in [-0.4, -0.2) is 32.3 Å². The molecule has 0 spiro atoms. The maximum Gasteiger partial charge on any atom is 0.231 e. The highest BCUT2D eigenvalue weighted by atomic mass is 35.5. The molecule has 0 radical (unpaired) electrons. The Hall–Kier alpha value is -1.30. The van der Waals surface area contributed by atoms with Crippen molar-refractivity contribution in [3.05, 3.63) is 23.2 Å². The third-order valence-corrected chi connectivity index (χ3v) is 3.19. The van der Waals surface area contributed by atoms with Crippen LogP contribution in [-0.2, 0) is 9.53 Å². The minimum Gasteiger partial charge on any atom is -0.495 e. The number of rotatable bonds is 3. The minimum absolute atomic E-state index is 0.149. The number of ether oxygens (including phenoxy) is 2. The average molecular weight is 271 g/mol. The Bertz CT molecular complexity index is 453. The first-order valence-corrected chi connectivity index (χ1v) is 5.97. The van der Waals surface area contributed by atoms with E-state index in [2.05, 4.69) is 5.32 Å². The number of carbonyl (C=O) groups is 1. The number of nitrogens with two attached hydrogens (primary N) is 1. The van der Waals surface area contributed by atoms with E-state index in [4.69, 9.17) is 26.8 Å². The van der Waals surface area contributed by atoms with Crippen molar-refractivity contribution in [3.8, 4) is 5.75 Å². The first kappa shape index (κ1) is 13.1. The van der Waals surface area contributed by atoms with Crippen molar-refractivity contribution in [2.24, 2.45) is 11.7 Å². The Labute approximate surface area is 110 Å². The standard InChI is InChI=1S/C12H15ClN2O3/c1-17-11-4-7(2-3-9(11)13)15-12(16)8-5-18-6-10(8)14/h2-4,8,10H,5-6,14H2,1H3,(H,15,16). The molecule has 2 unspecified atom stereocenters. The smallest absolute Gasteiger partial charge is 0.231 e. The maximum absolute atomic E-state index is 12.0. The molecular formula is C12H15ClN2O3. The predicted octanol–water partition coefficient (Wildman–Crippen LogP) is 1.26. The summed E-state index contributed by atoms with van der Waals surface area (Å²) >= 11 is 5.91. The van der Waals surface area contributed by atoms with Crippen LogP contribution in [0.3, 0.4) is 0 Å². The van der Waals surface area contributed by atoms with Crippen LogP contribution in [0.15, 0.2) is 18.2 Å². The van der Waals surface area contributed by atoms with Gasteiger partial charge in [0, 0.05) is 17.8 Å². The largest absolute Gasteiger partial charge is 0.495 e. The fourth-order valence-corrected chi connectivity index (χ4v) is 2.01. The fraction of sp³-hybridized carbons (Fsp3) is 0.417. The molecule has 1 aromatic rings. The second-order valence-electron chi connectivity index (χ2n) is 4.15. The second-order valence-corrected chi connectivity index (χ2v) is 4.55. The minimum atomic E-state index is -0.313. The van der Waals surface area contributed by atoms with E-state index >= 15 is 0 Å². The van der Waals surface area contributed by atoms with E-state index < -0.39 is 0 Å². The average Bonchev–Trinajstić information content (AvgIpc) is 2.78. The summed E-state index contributed by atoms with van der Waals surface area (Å²) in [7, 11) is 1.52. The summed E-state index contributed by atoms with van der Waals surface area (Å²) in [4.78, 5) is 12.0. The highest BCUT2D eigenvalue weighted by molar-refractivity contribution is 6.32. The van der Waals surface area contributed by atoms with Crippen molar-refractivity contribution < 1.29 is 14.3 Å². The van der Waals surface area contributed by atoms with Crippen LogP contribution in [0.2, 0.25) is 5.02 Å². The van der Waals surface area contributed by atoms with Crippen LogP contribution in [0.1, 0.15) is 0 Å². The molecule has 1 aliphatic rings. The van der Waals surface area contributed by atoms with E-state index in [0.717, 1.165) is 0 Å². The molecule has 98 valence electrons. The van der Waals surface area contributed by atoms with Gasteiger partial charge < -0.3 is 20.5 Å². The number of halogens is 1. The van der Waals surface area contributed by atoms with Gasteiger partial charge in [0.1, 0.15) is 5.75 Å². The van der Waals surface area contributed by atoms with Gasteiger partial charge in [-0.15, -0.1) is 0 Å². The normalized spacial score (nSPS) is 22.8. The Morgan fingerprint density at radius 1 is 1.56 bits per heavy atom. The quantitative estimate of drug-likeness (QED) is 0.867. The summed E-state index contributed by atoms with van der Waals surface area (Å²) in [5.41, 5.74) is 6.41. The zero-order chi connectivity index (χ0) is 13.1. The highest BCUT2D eigenvalue weighted by Crippen LogP contribution is 2.27. The number of hydrogen-bond donors (Lipinski definition) is 2. The number of benzene rings is 1. The zero-order valence-electron chi connectivity index (χ0n) is 9.98. The lowest BCUT2D eigenvalue weighted by Crippen LogP contribution is -2.37. The third-order valence-electron chi connectivity index (χ3n) is 2.88. The maximum atomic E-state index is 12.0. The van der Waals surface area contributed by atoms with Gasteiger partial charge in [-0.25, -0.2) is 0 Å². The number of hydrogen-bond acceptors (Lipinski definition) is 4. The van der Waals surface area contributed by atoms with Gasteiger partial charge in [0.2, 0.25) is 5.91 Å². The molecule has 6 heteroatoms. The summed E-state index contributed by atoms with van der Waals surface area (Å²) in [6.07, 6.45) is 0. The molecule has 1 aromatic carbocycles. The molecule has 0 aromatic heterocycles. The van der Waals surface area contributed by atoms with E-state index in [1.54, 1.807) is 18.2 Å². The zero-order valence-corrected chi connectivity index (χ0v) is 10.7. The van der Waals surface area contributed by atoms with Gasteiger partial charge in [-0.1, -0.05) is 11.6 Å². The van der Waals surface area contributed by atoms with Crippen molar-refractivity contribution in [3.63, 3.8) is 0 Å². The van der Waals surface area contributed by atoms with Gasteiger partial charge in [0.05, 0.1) is 31.3 Å². The lowest BCUT2D eigenvalue weighted by molar-refractivity contribution is -0.120. The first-order chi connectivity index (χ1) is 8.61. The van der Waals surface area contributed by atoms with Crippen LogP contribution in [0.25, 0.3) is 0 Å². The molecule has 1 heterocycles. The molecule has 0 bridgehead atoms. The van der Waals surface area contributed by atoms with Crippen molar-refractivity contribution >= 4 is 23.2 Å². The van der Waals surface area contributed by atoms with Crippen molar-refractivity contribution in [2.75, 3.05) is 25.6 Å². The van der Waals surface area contributed by atoms with E-state index in [0.29, 0.717) is 29.7 Å². The third kappa shape index (κ3) is 2.75. The summed E-state index contributed by atoms with van der Waals surface area (Å²) < 4.78 is 10.2. The van der Waals surface area contributed by atoms with Crippen LogP contribution < -0.4 is 15.8 Å². The second kappa shape index (κ2) is 5.56. The number of anilines is 1. The number of carbonyl (C=O) groups excluding carboxylic acids is 1. The summed E-state index contributed by atoms with van der Waals surface area (Å²) in [5.74, 6) is 0.0532. The molecule has 2 rings (SSSR count). The Morgan fingerprint density at radius 2 is 2.33 bits per heavy atom. The molecule has 1 saturated heterocycles. The Kier molecular flexibility index (Phi) is 4.06. The van der Waals surface area contributed by atoms with Gasteiger partial charge >= 0.3 is 0 Å². The van der Waals surface area contributed by atoms with Gasteiger partial charge in [-0.2, -0.15) is 0 Å². The fourth-order valence-electron chi connectivity index (χ4n) is 1.81. The van der Waals surface area contributed by atoms with Crippen LogP contribution in [0, 0.1) is 5.92 Å². The topological polar surface area (TPSA) is 73.6 Å². The molecule has 2 atom stereocenters. The Morgan fingerprint density at radius 3 is 2.94 bits per heavy atom. The van der Waals surface area contributed by atoms with Crippen LogP contribution in [0.5, 0.6) is 5.75 Å². The summed E-state index contributed by atoms with van der Waals surface area (Å²) in [6.45, 7) is 0.778. The molecule has 0 saturated carbocycles. The van der Waals surface area contributed by atoms with E-state index in [-0.39, 0.29) is 17.9 Å². The number of methoxy groups -OCH3 is 1. The predicted molar refractivity (Wildman–Crippen MR) is 68.9 cm³/mol. The van der Waals surface area contributed by atoms with Gasteiger partial charge in [-0.05, 0) is 12.1 Å². The highest BCUT2D eigenvalue weighted by Gasteiger charge is 2.31. The summed E-state index contributed by atoms with van der Waals surface area (Å²) in [6, 6.07) is 4.80. The van der Waals surface area contributed by atoms with E-state index in [1.807, 2.05) is 0 Å². The van der Waals surface area contributed by atoms with E-state index in [9.17, 15) is 4.79 Å². The van der Waals surface area contributed by atoms with Crippen LogP contribution in [0.4, 0.5) is 5.69 Å². The van der Waals surface area contributed by atoms with Crippen molar-refractivity contribution in [1.29, 1.82) is 0 Å². The van der Waals surface area contributed by atoms with E-state index in [1.165, 1.54) is 7.11 Å². The summed E-state index contributed by atoms with van der Waals surface area (Å²) in [5, 5.41) is 3.28. The molecule has 5 nitrogen and oxygen atoms in total. The molecule has 1 fully saturated rings. The molecular weight excluding hydrogens is 256 g/mol. The molecule has 18 heavy (non-hydrogen) atoms. The van der Waals surface area contributed by atoms with Gasteiger partial charge in [0.15, 0.2) is 0 Å². The van der Waals surface area contributed by atoms with Gasteiger partial charge in [-0.3, -0.25) is 4.79 Å². The molecule has 1 aliphatic heterocycles. The molecule has 0 aliphatic carbocycles. The Balaban J connectivity index is 2.07. The monoisotopic (exact) mass is 270 g/mol. The molecule has 3 N–H and O–H groups in total. The molecule has 1 amide bonds.